The molecule has 1 amide bonds. The number of amides is 1. The van der Waals surface area contributed by atoms with E-state index in [1.165, 1.54) is 17.0 Å². The Morgan fingerprint density at radius 1 is 1.08 bits per heavy atom. The quantitative estimate of drug-likeness (QED) is 0.227. The van der Waals surface area contributed by atoms with Gasteiger partial charge < -0.3 is 9.15 Å². The zero-order valence-electron chi connectivity index (χ0n) is 19.3. The van der Waals surface area contributed by atoms with Crippen molar-refractivity contribution in [3.8, 4) is 0 Å². The summed E-state index contributed by atoms with van der Waals surface area (Å²) in [6, 6.07) is 15.9. The highest BCUT2D eigenvalue weighted by atomic mass is 35.5. The van der Waals surface area contributed by atoms with Crippen LogP contribution >= 0.6 is 11.6 Å². The van der Waals surface area contributed by atoms with Gasteiger partial charge in [0.1, 0.15) is 11.4 Å². The van der Waals surface area contributed by atoms with Crippen LogP contribution in [0.25, 0.3) is 11.0 Å². The Morgan fingerprint density at radius 2 is 1.86 bits per heavy atom. The molecule has 1 aliphatic rings. The first-order chi connectivity index (χ1) is 17.4. The Labute approximate surface area is 210 Å². The number of rotatable bonds is 6. The third-order valence-electron chi connectivity index (χ3n) is 6.11. The number of hydrogen-bond acceptors (Lipinski definition) is 5. The molecular formula is C28H21ClFNO5. The van der Waals surface area contributed by atoms with Crippen LogP contribution < -0.4 is 10.3 Å². The van der Waals surface area contributed by atoms with Crippen LogP contribution in [0.15, 0.2) is 75.9 Å². The van der Waals surface area contributed by atoms with Gasteiger partial charge in [0.15, 0.2) is 5.43 Å². The summed E-state index contributed by atoms with van der Waals surface area (Å²) in [5.74, 6) is -1.69. The van der Waals surface area contributed by atoms with Crippen molar-refractivity contribution in [2.45, 2.75) is 25.8 Å². The van der Waals surface area contributed by atoms with E-state index in [0.717, 1.165) is 18.9 Å². The number of nitrogens with zero attached hydrogens (tertiary/aromatic N) is 1. The fourth-order valence-electron chi connectivity index (χ4n) is 4.35. The molecule has 0 fully saturated rings. The normalized spacial score (nSPS) is 14.8. The SMILES string of the molecule is CCCCOC(=O)c1ccc(N2C(=O)c3oc4ccc(F)cc4c(=O)c3C2c2cccc(Cl)c2)cc1. The predicted molar refractivity (Wildman–Crippen MR) is 134 cm³/mol. The van der Waals surface area contributed by atoms with Crippen molar-refractivity contribution >= 4 is 40.1 Å². The second-order valence-electron chi connectivity index (χ2n) is 8.48. The third kappa shape index (κ3) is 4.16. The van der Waals surface area contributed by atoms with Gasteiger partial charge in [0.2, 0.25) is 5.76 Å². The number of hydrogen-bond donors (Lipinski definition) is 0. The average Bonchev–Trinajstić information content (AvgIpc) is 3.17. The number of benzene rings is 3. The van der Waals surface area contributed by atoms with Gasteiger partial charge in [-0.3, -0.25) is 14.5 Å². The zero-order valence-corrected chi connectivity index (χ0v) is 20.0. The summed E-state index contributed by atoms with van der Waals surface area (Å²) in [5.41, 5.74) is 1.09. The molecule has 8 heteroatoms. The maximum absolute atomic E-state index is 13.9. The summed E-state index contributed by atoms with van der Waals surface area (Å²) in [7, 11) is 0. The molecule has 0 N–H and O–H groups in total. The van der Waals surface area contributed by atoms with E-state index < -0.39 is 29.2 Å². The van der Waals surface area contributed by atoms with Crippen LogP contribution in [0.1, 0.15) is 57.8 Å². The van der Waals surface area contributed by atoms with E-state index in [9.17, 15) is 18.8 Å². The van der Waals surface area contributed by atoms with Crippen LogP contribution in [0.3, 0.4) is 0 Å². The molecule has 4 aromatic rings. The molecule has 182 valence electrons. The average molecular weight is 506 g/mol. The summed E-state index contributed by atoms with van der Waals surface area (Å²) in [6.07, 6.45) is 1.67. The van der Waals surface area contributed by atoms with Gasteiger partial charge in [-0.1, -0.05) is 37.1 Å². The standard InChI is InChI=1S/C28H21ClFNO5/c1-2-3-13-35-28(34)16-7-10-20(11-8-16)31-24(17-5-4-6-18(29)14-17)23-25(32)21-15-19(30)9-12-22(21)36-26(23)27(31)33/h4-12,14-15,24H,2-3,13H2,1H3. The molecule has 0 aliphatic carbocycles. The van der Waals surface area contributed by atoms with Gasteiger partial charge in [-0.05, 0) is 66.6 Å². The van der Waals surface area contributed by atoms with Gasteiger partial charge >= 0.3 is 5.97 Å². The van der Waals surface area contributed by atoms with Gasteiger partial charge in [-0.2, -0.15) is 0 Å². The fourth-order valence-corrected chi connectivity index (χ4v) is 4.55. The minimum Gasteiger partial charge on any atom is -0.462 e. The molecule has 0 saturated carbocycles. The highest BCUT2D eigenvalue weighted by molar-refractivity contribution is 6.30. The zero-order chi connectivity index (χ0) is 25.4. The van der Waals surface area contributed by atoms with Crippen LogP contribution in [0.2, 0.25) is 5.02 Å². The molecule has 6 nitrogen and oxygen atoms in total. The van der Waals surface area contributed by atoms with E-state index in [-0.39, 0.29) is 22.3 Å². The Bertz CT molecular complexity index is 1550. The van der Waals surface area contributed by atoms with Gasteiger partial charge in [0.25, 0.3) is 5.91 Å². The highest BCUT2D eigenvalue weighted by Crippen LogP contribution is 2.41. The smallest absolute Gasteiger partial charge is 0.338 e. The van der Waals surface area contributed by atoms with E-state index in [1.807, 2.05) is 6.92 Å². The summed E-state index contributed by atoms with van der Waals surface area (Å²) < 4.78 is 25.0. The molecule has 1 atom stereocenters. The molecule has 2 heterocycles. The van der Waals surface area contributed by atoms with Crippen molar-refractivity contribution in [3.63, 3.8) is 0 Å². The van der Waals surface area contributed by atoms with Crippen LogP contribution in [0.5, 0.6) is 0 Å². The molecule has 0 radical (unpaired) electrons. The number of carbonyl (C=O) groups is 2. The lowest BCUT2D eigenvalue weighted by molar-refractivity contribution is 0.0499. The summed E-state index contributed by atoms with van der Waals surface area (Å²) in [5, 5.41) is 0.468. The molecule has 0 bridgehead atoms. The van der Waals surface area contributed by atoms with Crippen LogP contribution in [-0.4, -0.2) is 18.5 Å². The van der Waals surface area contributed by atoms with Crippen LogP contribution in [0.4, 0.5) is 10.1 Å². The van der Waals surface area contributed by atoms with Crippen molar-refractivity contribution in [3.05, 3.63) is 110 Å². The predicted octanol–water partition coefficient (Wildman–Crippen LogP) is 6.29. The summed E-state index contributed by atoms with van der Waals surface area (Å²) in [4.78, 5) is 40.9. The minimum absolute atomic E-state index is 0.0422. The summed E-state index contributed by atoms with van der Waals surface area (Å²) >= 11 is 6.24. The molecule has 3 aromatic carbocycles. The first kappa shape index (κ1) is 23.8. The lowest BCUT2D eigenvalue weighted by Gasteiger charge is -2.25. The second kappa shape index (κ2) is 9.59. The Hall–Kier alpha value is -3.97. The van der Waals surface area contributed by atoms with Crippen molar-refractivity contribution in [2.75, 3.05) is 11.5 Å². The van der Waals surface area contributed by atoms with Gasteiger partial charge in [-0.15, -0.1) is 0 Å². The maximum atomic E-state index is 13.9. The van der Waals surface area contributed by atoms with Gasteiger partial charge in [-0.25, -0.2) is 9.18 Å². The maximum Gasteiger partial charge on any atom is 0.338 e. The van der Waals surface area contributed by atoms with Crippen molar-refractivity contribution < 1.29 is 23.1 Å². The number of esters is 1. The van der Waals surface area contributed by atoms with E-state index in [2.05, 4.69) is 0 Å². The fraction of sp³-hybridized carbons (Fsp3) is 0.179. The molecular weight excluding hydrogens is 485 g/mol. The van der Waals surface area contributed by atoms with Crippen LogP contribution in [0, 0.1) is 5.82 Å². The third-order valence-corrected chi connectivity index (χ3v) is 6.34. The molecule has 1 aromatic heterocycles. The minimum atomic E-state index is -0.863. The molecule has 1 aliphatic heterocycles. The van der Waals surface area contributed by atoms with E-state index in [0.29, 0.717) is 28.4 Å². The first-order valence-corrected chi connectivity index (χ1v) is 11.9. The Kier molecular flexibility index (Phi) is 6.33. The number of halogens is 2. The number of anilines is 1. The van der Waals surface area contributed by atoms with E-state index >= 15 is 0 Å². The Morgan fingerprint density at radius 3 is 2.58 bits per heavy atom. The number of ether oxygens (including phenoxy) is 1. The molecule has 36 heavy (non-hydrogen) atoms. The van der Waals surface area contributed by atoms with Crippen molar-refractivity contribution in [1.82, 2.24) is 0 Å². The Balaban J connectivity index is 1.63. The van der Waals surface area contributed by atoms with Crippen LogP contribution in [-0.2, 0) is 4.74 Å². The number of unbranched alkanes of at least 4 members (excludes halogenated alkanes) is 1. The second-order valence-corrected chi connectivity index (χ2v) is 8.92. The first-order valence-electron chi connectivity index (χ1n) is 11.5. The van der Waals surface area contributed by atoms with Crippen molar-refractivity contribution in [1.29, 1.82) is 0 Å². The largest absolute Gasteiger partial charge is 0.462 e. The van der Waals surface area contributed by atoms with Crippen molar-refractivity contribution in [2.24, 2.45) is 0 Å². The van der Waals surface area contributed by atoms with Gasteiger partial charge in [0, 0.05) is 10.7 Å². The highest BCUT2D eigenvalue weighted by Gasteiger charge is 2.43. The number of carbonyl (C=O) groups excluding carboxylic acids is 2. The molecule has 1 unspecified atom stereocenters. The monoisotopic (exact) mass is 505 g/mol. The topological polar surface area (TPSA) is 76.8 Å². The lowest BCUT2D eigenvalue weighted by Crippen LogP contribution is -2.29. The molecule has 0 saturated heterocycles. The summed E-state index contributed by atoms with van der Waals surface area (Å²) in [6.45, 7) is 2.33. The molecule has 0 spiro atoms. The lowest BCUT2D eigenvalue weighted by atomic mass is 9.98. The number of fused-ring (bicyclic) bond motifs is 2. The van der Waals surface area contributed by atoms with Gasteiger partial charge in [0.05, 0.1) is 29.2 Å². The van der Waals surface area contributed by atoms with E-state index in [1.54, 1.807) is 48.5 Å². The molecule has 5 rings (SSSR count). The van der Waals surface area contributed by atoms with E-state index in [4.69, 9.17) is 20.8 Å².